The number of thiophene rings is 1. The Morgan fingerprint density at radius 1 is 1.58 bits per heavy atom. The number of carbonyl (C=O) groups is 1. The zero-order valence-electron chi connectivity index (χ0n) is 10.7. The number of hydrogen-bond donors (Lipinski definition) is 2. The Labute approximate surface area is 120 Å². The Kier molecular flexibility index (Phi) is 4.29. The fourth-order valence-electron chi connectivity index (χ4n) is 1.66. The monoisotopic (exact) mass is 298 g/mol. The first-order valence-electron chi connectivity index (χ1n) is 5.81. The van der Waals surface area contributed by atoms with E-state index in [-0.39, 0.29) is 12.0 Å². The predicted molar refractivity (Wildman–Crippen MR) is 80.1 cm³/mol. The molecule has 1 amide bonds. The number of ether oxygens (including phenoxy) is 1. The summed E-state index contributed by atoms with van der Waals surface area (Å²) in [7, 11) is 1.60. The Balaban J connectivity index is 2.25. The standard InChI is InChI=1S/C13H15ClN2O2S/c1-7(18-2)6-16-13(17)12-11(15)9-5-8(14)3-4-10(9)19-12/h3-5,7H,6,15H2,1-2H3,(H,16,17). The van der Waals surface area contributed by atoms with Crippen molar-refractivity contribution in [1.82, 2.24) is 5.32 Å². The molecule has 0 aliphatic heterocycles. The van der Waals surface area contributed by atoms with Crippen molar-refractivity contribution < 1.29 is 9.53 Å². The molecule has 1 atom stereocenters. The van der Waals surface area contributed by atoms with E-state index >= 15 is 0 Å². The molecule has 0 bridgehead atoms. The first kappa shape index (κ1) is 14.1. The van der Waals surface area contributed by atoms with Crippen molar-refractivity contribution >= 4 is 44.6 Å². The van der Waals surface area contributed by atoms with Gasteiger partial charge in [-0.15, -0.1) is 11.3 Å². The molecular weight excluding hydrogens is 284 g/mol. The number of methoxy groups -OCH3 is 1. The summed E-state index contributed by atoms with van der Waals surface area (Å²) in [4.78, 5) is 12.6. The molecule has 0 radical (unpaired) electrons. The fraction of sp³-hybridized carbons (Fsp3) is 0.308. The van der Waals surface area contributed by atoms with Gasteiger partial charge in [-0.2, -0.15) is 0 Å². The first-order valence-corrected chi connectivity index (χ1v) is 7.01. The van der Waals surface area contributed by atoms with Gasteiger partial charge in [0.05, 0.1) is 11.8 Å². The van der Waals surface area contributed by atoms with Crippen LogP contribution in [0.4, 0.5) is 5.69 Å². The van der Waals surface area contributed by atoms with Crippen molar-refractivity contribution in [3.63, 3.8) is 0 Å². The Bertz CT molecular complexity index is 612. The van der Waals surface area contributed by atoms with Gasteiger partial charge < -0.3 is 15.8 Å². The lowest BCUT2D eigenvalue weighted by Crippen LogP contribution is -2.31. The van der Waals surface area contributed by atoms with Gasteiger partial charge in [-0.05, 0) is 25.1 Å². The highest BCUT2D eigenvalue weighted by Crippen LogP contribution is 2.35. The first-order chi connectivity index (χ1) is 9.02. The van der Waals surface area contributed by atoms with Crippen LogP contribution in [0.3, 0.4) is 0 Å². The molecule has 1 heterocycles. The van der Waals surface area contributed by atoms with Gasteiger partial charge in [-0.1, -0.05) is 11.6 Å². The summed E-state index contributed by atoms with van der Waals surface area (Å²) < 4.78 is 6.03. The van der Waals surface area contributed by atoms with Crippen LogP contribution < -0.4 is 11.1 Å². The average molecular weight is 299 g/mol. The molecule has 102 valence electrons. The number of carbonyl (C=O) groups excluding carboxylic acids is 1. The number of fused-ring (bicyclic) bond motifs is 1. The smallest absolute Gasteiger partial charge is 0.263 e. The van der Waals surface area contributed by atoms with Crippen molar-refractivity contribution in [3.05, 3.63) is 28.1 Å². The third kappa shape index (κ3) is 3.00. The topological polar surface area (TPSA) is 64.3 Å². The minimum absolute atomic E-state index is 0.0333. The molecule has 0 saturated heterocycles. The lowest BCUT2D eigenvalue weighted by molar-refractivity contribution is 0.0874. The second kappa shape index (κ2) is 5.77. The van der Waals surface area contributed by atoms with Crippen LogP contribution >= 0.6 is 22.9 Å². The summed E-state index contributed by atoms with van der Waals surface area (Å²) in [5.41, 5.74) is 6.48. The zero-order chi connectivity index (χ0) is 14.0. The van der Waals surface area contributed by atoms with E-state index in [1.807, 2.05) is 13.0 Å². The molecule has 1 aromatic carbocycles. The van der Waals surface area contributed by atoms with Crippen LogP contribution in [0, 0.1) is 0 Å². The molecule has 2 aromatic rings. The van der Waals surface area contributed by atoms with Crippen LogP contribution in [0.5, 0.6) is 0 Å². The fourth-order valence-corrected chi connectivity index (χ4v) is 2.85. The maximum absolute atomic E-state index is 12.1. The predicted octanol–water partition coefficient (Wildman–Crippen LogP) is 2.90. The van der Waals surface area contributed by atoms with Crippen LogP contribution in [0.2, 0.25) is 5.02 Å². The highest BCUT2D eigenvalue weighted by atomic mass is 35.5. The second-order valence-corrected chi connectivity index (χ2v) is 5.73. The van der Waals surface area contributed by atoms with Gasteiger partial charge in [0.1, 0.15) is 4.88 Å². The van der Waals surface area contributed by atoms with E-state index in [1.165, 1.54) is 11.3 Å². The average Bonchev–Trinajstić information content (AvgIpc) is 2.73. The number of nitrogens with two attached hydrogens (primary N) is 1. The highest BCUT2D eigenvalue weighted by Gasteiger charge is 2.16. The summed E-state index contributed by atoms with van der Waals surface area (Å²) >= 11 is 7.30. The number of benzene rings is 1. The number of anilines is 1. The summed E-state index contributed by atoms with van der Waals surface area (Å²) in [6.45, 7) is 2.33. The van der Waals surface area contributed by atoms with E-state index in [9.17, 15) is 4.79 Å². The molecule has 0 spiro atoms. The van der Waals surface area contributed by atoms with Crippen molar-refractivity contribution in [3.8, 4) is 0 Å². The highest BCUT2D eigenvalue weighted by molar-refractivity contribution is 7.21. The number of hydrogen-bond acceptors (Lipinski definition) is 4. The van der Waals surface area contributed by atoms with E-state index in [0.29, 0.717) is 22.1 Å². The van der Waals surface area contributed by atoms with E-state index in [0.717, 1.165) is 10.1 Å². The van der Waals surface area contributed by atoms with Gasteiger partial charge in [-0.3, -0.25) is 4.79 Å². The molecule has 2 rings (SSSR count). The quantitative estimate of drug-likeness (QED) is 0.912. The van der Waals surface area contributed by atoms with E-state index < -0.39 is 0 Å². The maximum atomic E-state index is 12.1. The molecule has 3 N–H and O–H groups in total. The molecule has 0 fully saturated rings. The largest absolute Gasteiger partial charge is 0.397 e. The van der Waals surface area contributed by atoms with E-state index in [4.69, 9.17) is 22.1 Å². The minimum Gasteiger partial charge on any atom is -0.397 e. The van der Waals surface area contributed by atoms with Gasteiger partial charge in [0.25, 0.3) is 5.91 Å². The van der Waals surface area contributed by atoms with Crippen molar-refractivity contribution in [2.45, 2.75) is 13.0 Å². The number of halogens is 1. The third-order valence-corrected chi connectivity index (χ3v) is 4.27. The summed E-state index contributed by atoms with van der Waals surface area (Å²) in [6, 6.07) is 5.43. The SMILES string of the molecule is COC(C)CNC(=O)c1sc2ccc(Cl)cc2c1N. The second-order valence-electron chi connectivity index (χ2n) is 4.24. The summed E-state index contributed by atoms with van der Waals surface area (Å²) in [6.07, 6.45) is -0.0333. The zero-order valence-corrected chi connectivity index (χ0v) is 12.3. The number of nitrogens with one attached hydrogen (secondary N) is 1. The number of rotatable bonds is 4. The lowest BCUT2D eigenvalue weighted by atomic mass is 10.2. The maximum Gasteiger partial charge on any atom is 0.263 e. The van der Waals surface area contributed by atoms with E-state index in [1.54, 1.807) is 19.2 Å². The Hall–Kier alpha value is -1.30. The lowest BCUT2D eigenvalue weighted by Gasteiger charge is -2.10. The van der Waals surface area contributed by atoms with Crippen LogP contribution in [-0.2, 0) is 4.74 Å². The van der Waals surface area contributed by atoms with Crippen LogP contribution in [0.15, 0.2) is 18.2 Å². The van der Waals surface area contributed by atoms with Gasteiger partial charge in [-0.25, -0.2) is 0 Å². The minimum atomic E-state index is -0.182. The normalized spacial score (nSPS) is 12.6. The molecule has 0 aliphatic rings. The van der Waals surface area contributed by atoms with Crippen molar-refractivity contribution in [2.75, 3.05) is 19.4 Å². The molecule has 0 aliphatic carbocycles. The van der Waals surface area contributed by atoms with Gasteiger partial charge in [0.2, 0.25) is 0 Å². The van der Waals surface area contributed by atoms with E-state index in [2.05, 4.69) is 5.32 Å². The third-order valence-electron chi connectivity index (χ3n) is 2.85. The van der Waals surface area contributed by atoms with Crippen LogP contribution in [-0.4, -0.2) is 25.7 Å². The van der Waals surface area contributed by atoms with Crippen molar-refractivity contribution in [1.29, 1.82) is 0 Å². The Morgan fingerprint density at radius 3 is 3.00 bits per heavy atom. The van der Waals surface area contributed by atoms with Crippen molar-refractivity contribution in [2.24, 2.45) is 0 Å². The summed E-state index contributed by atoms with van der Waals surface area (Å²) in [5, 5.41) is 4.23. The van der Waals surface area contributed by atoms with Gasteiger partial charge in [0.15, 0.2) is 0 Å². The van der Waals surface area contributed by atoms with Gasteiger partial charge in [0, 0.05) is 28.8 Å². The molecule has 1 aromatic heterocycles. The number of nitrogen functional groups attached to an aromatic ring is 1. The van der Waals surface area contributed by atoms with Gasteiger partial charge >= 0.3 is 0 Å². The Morgan fingerprint density at radius 2 is 2.32 bits per heavy atom. The molecule has 4 nitrogen and oxygen atoms in total. The molecule has 1 unspecified atom stereocenters. The van der Waals surface area contributed by atoms with Crippen LogP contribution in [0.1, 0.15) is 16.6 Å². The molecule has 6 heteroatoms. The molecule has 19 heavy (non-hydrogen) atoms. The molecular formula is C13H15ClN2O2S. The van der Waals surface area contributed by atoms with Crippen LogP contribution in [0.25, 0.3) is 10.1 Å². The summed E-state index contributed by atoms with van der Waals surface area (Å²) in [5.74, 6) is -0.182. The number of amides is 1. The molecule has 0 saturated carbocycles.